The summed E-state index contributed by atoms with van der Waals surface area (Å²) in [7, 11) is 0. The fourth-order valence-electron chi connectivity index (χ4n) is 3.27. The van der Waals surface area contributed by atoms with Crippen molar-refractivity contribution < 1.29 is 9.47 Å². The summed E-state index contributed by atoms with van der Waals surface area (Å²) in [4.78, 5) is 11.8. The Hall–Kier alpha value is -3.45. The van der Waals surface area contributed by atoms with E-state index in [2.05, 4.69) is 10.00 Å². The first-order chi connectivity index (χ1) is 13.9. The number of hydrogen-bond acceptors (Lipinski definition) is 6. The Bertz CT molecular complexity index is 1080. The highest BCUT2D eigenvalue weighted by Crippen LogP contribution is 2.30. The van der Waals surface area contributed by atoms with E-state index in [0.717, 1.165) is 41.3 Å². The van der Waals surface area contributed by atoms with E-state index in [1.165, 1.54) is 0 Å². The number of para-hydroxylation sites is 1. The van der Waals surface area contributed by atoms with Gasteiger partial charge in [0.05, 0.1) is 18.7 Å². The zero-order valence-corrected chi connectivity index (χ0v) is 15.2. The summed E-state index contributed by atoms with van der Waals surface area (Å²) in [5.74, 6) is 2.95. The predicted molar refractivity (Wildman–Crippen MR) is 106 cm³/mol. The molecule has 0 bridgehead atoms. The molecule has 2 aromatic heterocycles. The summed E-state index contributed by atoms with van der Waals surface area (Å²) in [6.45, 7) is 2.98. The Morgan fingerprint density at radius 1 is 0.893 bits per heavy atom. The van der Waals surface area contributed by atoms with Gasteiger partial charge >= 0.3 is 0 Å². The van der Waals surface area contributed by atoms with Crippen molar-refractivity contribution in [1.29, 1.82) is 0 Å². The van der Waals surface area contributed by atoms with Crippen LogP contribution in [0.25, 0.3) is 16.9 Å². The van der Waals surface area contributed by atoms with Gasteiger partial charge in [0.15, 0.2) is 0 Å². The molecule has 0 unspecified atom stereocenters. The largest absolute Gasteiger partial charge is 0.457 e. The van der Waals surface area contributed by atoms with Crippen molar-refractivity contribution in [3.63, 3.8) is 0 Å². The highest BCUT2D eigenvalue weighted by atomic mass is 16.5. The molecule has 1 aliphatic rings. The molecule has 0 spiro atoms. The molecule has 7 heteroatoms. The lowest BCUT2D eigenvalue weighted by Crippen LogP contribution is -2.37. The van der Waals surface area contributed by atoms with Gasteiger partial charge in [-0.15, -0.1) is 0 Å². The highest BCUT2D eigenvalue weighted by molar-refractivity contribution is 5.91. The number of morpholine rings is 1. The summed E-state index contributed by atoms with van der Waals surface area (Å²) in [5, 5.41) is 5.27. The van der Waals surface area contributed by atoms with Gasteiger partial charge in [0, 0.05) is 36.9 Å². The molecule has 0 aliphatic carbocycles. The number of ether oxygens (including phenoxy) is 2. The quantitative estimate of drug-likeness (QED) is 0.546. The zero-order chi connectivity index (χ0) is 18.8. The molecule has 0 N–H and O–H groups in total. The van der Waals surface area contributed by atoms with E-state index in [-0.39, 0.29) is 0 Å². The van der Waals surface area contributed by atoms with E-state index in [9.17, 15) is 0 Å². The van der Waals surface area contributed by atoms with Gasteiger partial charge in [-0.05, 0) is 30.3 Å². The van der Waals surface area contributed by atoms with Crippen molar-refractivity contribution in [3.05, 3.63) is 67.0 Å². The van der Waals surface area contributed by atoms with Crippen LogP contribution in [0.15, 0.2) is 67.0 Å². The molecule has 3 heterocycles. The standard InChI is InChI=1S/C21H19N5O2/c1-2-5-16(6-3-1)28-17-7-8-18-19(15-17)23-21(26-10-4-9-22-26)24-20(18)25-11-13-27-14-12-25/h1-10,15H,11-14H2. The lowest BCUT2D eigenvalue weighted by molar-refractivity contribution is 0.122. The Balaban J connectivity index is 1.60. The highest BCUT2D eigenvalue weighted by Gasteiger charge is 2.18. The maximum Gasteiger partial charge on any atom is 0.253 e. The van der Waals surface area contributed by atoms with Gasteiger partial charge in [-0.2, -0.15) is 10.1 Å². The lowest BCUT2D eigenvalue weighted by atomic mass is 10.2. The molecule has 28 heavy (non-hydrogen) atoms. The molecule has 7 nitrogen and oxygen atoms in total. The Labute approximate surface area is 162 Å². The molecule has 2 aromatic carbocycles. The molecule has 0 radical (unpaired) electrons. The molecular formula is C21H19N5O2. The van der Waals surface area contributed by atoms with Gasteiger partial charge in [-0.3, -0.25) is 0 Å². The van der Waals surface area contributed by atoms with Crippen molar-refractivity contribution in [3.8, 4) is 17.4 Å². The number of hydrogen-bond donors (Lipinski definition) is 0. The van der Waals surface area contributed by atoms with E-state index in [1.54, 1.807) is 10.9 Å². The molecule has 0 atom stereocenters. The molecule has 140 valence electrons. The molecule has 1 aliphatic heterocycles. The first-order valence-corrected chi connectivity index (χ1v) is 9.24. The minimum Gasteiger partial charge on any atom is -0.457 e. The van der Waals surface area contributed by atoms with Crippen LogP contribution in [0.5, 0.6) is 11.5 Å². The smallest absolute Gasteiger partial charge is 0.253 e. The maximum absolute atomic E-state index is 5.99. The minimum atomic E-state index is 0.538. The number of anilines is 1. The molecule has 0 saturated carbocycles. The van der Waals surface area contributed by atoms with E-state index in [4.69, 9.17) is 19.4 Å². The number of nitrogens with zero attached hydrogens (tertiary/aromatic N) is 5. The van der Waals surface area contributed by atoms with Gasteiger partial charge in [0.2, 0.25) is 0 Å². The van der Waals surface area contributed by atoms with Crippen molar-refractivity contribution in [2.24, 2.45) is 0 Å². The van der Waals surface area contributed by atoms with Crippen LogP contribution in [-0.2, 0) is 4.74 Å². The normalized spacial score (nSPS) is 14.4. The monoisotopic (exact) mass is 373 g/mol. The van der Waals surface area contributed by atoms with Crippen molar-refractivity contribution in [2.75, 3.05) is 31.2 Å². The predicted octanol–water partition coefficient (Wildman–Crippen LogP) is 3.44. The fraction of sp³-hybridized carbons (Fsp3) is 0.190. The second kappa shape index (κ2) is 7.28. The number of aromatic nitrogens is 4. The topological polar surface area (TPSA) is 65.3 Å². The third-order valence-electron chi connectivity index (χ3n) is 4.64. The van der Waals surface area contributed by atoms with E-state index in [1.807, 2.05) is 60.8 Å². The summed E-state index contributed by atoms with van der Waals surface area (Å²) in [6.07, 6.45) is 3.56. The average Bonchev–Trinajstić information content (AvgIpc) is 3.29. The van der Waals surface area contributed by atoms with Crippen molar-refractivity contribution in [1.82, 2.24) is 19.7 Å². The van der Waals surface area contributed by atoms with Crippen LogP contribution >= 0.6 is 0 Å². The maximum atomic E-state index is 5.99. The van der Waals surface area contributed by atoms with Gasteiger partial charge in [-0.25, -0.2) is 9.67 Å². The minimum absolute atomic E-state index is 0.538. The second-order valence-electron chi connectivity index (χ2n) is 6.49. The van der Waals surface area contributed by atoms with Crippen molar-refractivity contribution in [2.45, 2.75) is 0 Å². The van der Waals surface area contributed by atoms with Crippen LogP contribution in [0, 0.1) is 0 Å². The number of benzene rings is 2. The average molecular weight is 373 g/mol. The van der Waals surface area contributed by atoms with Crippen LogP contribution in [0.2, 0.25) is 0 Å². The van der Waals surface area contributed by atoms with E-state index < -0.39 is 0 Å². The van der Waals surface area contributed by atoms with Crippen LogP contribution in [0.4, 0.5) is 5.82 Å². The summed E-state index contributed by atoms with van der Waals surface area (Å²) in [5.41, 5.74) is 0.815. The third-order valence-corrected chi connectivity index (χ3v) is 4.64. The molecular weight excluding hydrogens is 354 g/mol. The van der Waals surface area contributed by atoms with E-state index >= 15 is 0 Å². The molecule has 0 amide bonds. The fourth-order valence-corrected chi connectivity index (χ4v) is 3.27. The summed E-state index contributed by atoms with van der Waals surface area (Å²) >= 11 is 0. The SMILES string of the molecule is c1ccc(Oc2ccc3c(N4CCOCC4)nc(-n4cccn4)nc3c2)cc1. The summed E-state index contributed by atoms with van der Waals surface area (Å²) in [6, 6.07) is 17.5. The number of rotatable bonds is 4. The second-order valence-corrected chi connectivity index (χ2v) is 6.49. The van der Waals surface area contributed by atoms with Gasteiger partial charge < -0.3 is 14.4 Å². The van der Waals surface area contributed by atoms with Gasteiger partial charge in [0.25, 0.3) is 5.95 Å². The van der Waals surface area contributed by atoms with Gasteiger partial charge in [0.1, 0.15) is 17.3 Å². The van der Waals surface area contributed by atoms with Crippen LogP contribution < -0.4 is 9.64 Å². The van der Waals surface area contributed by atoms with Crippen LogP contribution in [0.3, 0.4) is 0 Å². The zero-order valence-electron chi connectivity index (χ0n) is 15.2. The first-order valence-electron chi connectivity index (χ1n) is 9.24. The Morgan fingerprint density at radius 3 is 2.54 bits per heavy atom. The Kier molecular flexibility index (Phi) is 4.34. The van der Waals surface area contributed by atoms with Crippen LogP contribution in [0.1, 0.15) is 0 Å². The molecule has 5 rings (SSSR count). The molecule has 1 fully saturated rings. The third kappa shape index (κ3) is 3.27. The van der Waals surface area contributed by atoms with Crippen molar-refractivity contribution >= 4 is 16.7 Å². The Morgan fingerprint density at radius 2 is 1.75 bits per heavy atom. The molecule has 1 saturated heterocycles. The summed E-state index contributed by atoms with van der Waals surface area (Å²) < 4.78 is 13.2. The first kappa shape index (κ1) is 16.7. The van der Waals surface area contributed by atoms with Crippen LogP contribution in [-0.4, -0.2) is 46.1 Å². The van der Waals surface area contributed by atoms with E-state index in [0.29, 0.717) is 19.2 Å². The molecule has 4 aromatic rings. The van der Waals surface area contributed by atoms with Gasteiger partial charge in [-0.1, -0.05) is 18.2 Å². The lowest BCUT2D eigenvalue weighted by Gasteiger charge is -2.29. The number of fused-ring (bicyclic) bond motifs is 1.